The van der Waals surface area contributed by atoms with E-state index in [9.17, 15) is 9.18 Å². The minimum atomic E-state index is -0.866. The first-order valence-corrected chi connectivity index (χ1v) is 5.83. The summed E-state index contributed by atoms with van der Waals surface area (Å²) in [5.41, 5.74) is -0.561. The molecule has 1 aromatic rings. The van der Waals surface area contributed by atoms with Gasteiger partial charge in [-0.15, -0.1) is 0 Å². The summed E-state index contributed by atoms with van der Waals surface area (Å²) in [4.78, 5) is 12.0. The van der Waals surface area contributed by atoms with E-state index in [1.807, 2.05) is 6.92 Å². The van der Waals surface area contributed by atoms with Crippen LogP contribution in [0.25, 0.3) is 0 Å². The van der Waals surface area contributed by atoms with Gasteiger partial charge in [0, 0.05) is 18.6 Å². The number of benzene rings is 1. The van der Waals surface area contributed by atoms with Crippen LogP contribution < -0.4 is 0 Å². The van der Waals surface area contributed by atoms with E-state index in [-0.39, 0.29) is 12.2 Å². The number of hydrogen-bond donors (Lipinski definition) is 0. The Morgan fingerprint density at radius 2 is 2.18 bits per heavy atom. The zero-order chi connectivity index (χ0) is 13.1. The summed E-state index contributed by atoms with van der Waals surface area (Å²) in [5, 5.41) is 0.421. The minimum absolute atomic E-state index is 0.00935. The van der Waals surface area contributed by atoms with Crippen LogP contribution in [-0.4, -0.2) is 18.5 Å². The highest BCUT2D eigenvalue weighted by molar-refractivity contribution is 6.30. The highest BCUT2D eigenvalue weighted by Gasteiger charge is 2.31. The zero-order valence-electron chi connectivity index (χ0n) is 10.2. The van der Waals surface area contributed by atoms with Crippen LogP contribution in [0.15, 0.2) is 18.2 Å². The fourth-order valence-corrected chi connectivity index (χ4v) is 1.69. The van der Waals surface area contributed by atoms with E-state index < -0.39 is 11.4 Å². The van der Waals surface area contributed by atoms with Crippen LogP contribution in [0.2, 0.25) is 5.02 Å². The van der Waals surface area contributed by atoms with Gasteiger partial charge in [0.1, 0.15) is 11.4 Å². The van der Waals surface area contributed by atoms with Gasteiger partial charge in [-0.1, -0.05) is 18.5 Å². The third kappa shape index (κ3) is 3.27. The molecule has 0 heterocycles. The lowest BCUT2D eigenvalue weighted by Gasteiger charge is -2.25. The fraction of sp³-hybridized carbons (Fsp3) is 0.462. The van der Waals surface area contributed by atoms with Gasteiger partial charge in [-0.2, -0.15) is 0 Å². The molecule has 94 valence electrons. The van der Waals surface area contributed by atoms with Crippen molar-refractivity contribution in [2.75, 3.05) is 7.11 Å². The molecule has 0 saturated carbocycles. The van der Waals surface area contributed by atoms with Crippen LogP contribution in [0.5, 0.6) is 0 Å². The monoisotopic (exact) mass is 258 g/mol. The molecule has 0 saturated heterocycles. The van der Waals surface area contributed by atoms with E-state index in [1.54, 1.807) is 6.92 Å². The van der Waals surface area contributed by atoms with Gasteiger partial charge < -0.3 is 4.74 Å². The summed E-state index contributed by atoms with van der Waals surface area (Å²) >= 11 is 5.77. The van der Waals surface area contributed by atoms with Crippen molar-refractivity contribution >= 4 is 17.4 Å². The standard InChI is InChI=1S/C13H16ClFO2/c1-4-13(2,17-3)12(16)8-9-7-10(14)5-6-11(9)15/h5-7H,4,8H2,1-3H3. The lowest BCUT2D eigenvalue weighted by atomic mass is 9.92. The second-order valence-electron chi connectivity index (χ2n) is 4.12. The molecule has 0 bridgehead atoms. The van der Waals surface area contributed by atoms with Crippen molar-refractivity contribution in [2.45, 2.75) is 32.3 Å². The Morgan fingerprint density at radius 1 is 1.53 bits per heavy atom. The molecule has 0 aliphatic rings. The molecule has 0 aliphatic carbocycles. The quantitative estimate of drug-likeness (QED) is 0.809. The summed E-state index contributed by atoms with van der Waals surface area (Å²) in [6, 6.07) is 4.20. The van der Waals surface area contributed by atoms with E-state index in [4.69, 9.17) is 16.3 Å². The second kappa shape index (κ2) is 5.61. The van der Waals surface area contributed by atoms with E-state index in [2.05, 4.69) is 0 Å². The molecule has 1 rings (SSSR count). The topological polar surface area (TPSA) is 26.3 Å². The van der Waals surface area contributed by atoms with Gasteiger partial charge in [0.25, 0.3) is 0 Å². The summed E-state index contributed by atoms with van der Waals surface area (Å²) in [6.07, 6.45) is 0.537. The van der Waals surface area contributed by atoms with Gasteiger partial charge in [0.05, 0.1) is 0 Å². The maximum absolute atomic E-state index is 13.5. The van der Waals surface area contributed by atoms with Crippen LogP contribution >= 0.6 is 11.6 Å². The van der Waals surface area contributed by atoms with Crippen LogP contribution in [0.1, 0.15) is 25.8 Å². The molecule has 0 N–H and O–H groups in total. The lowest BCUT2D eigenvalue weighted by molar-refractivity contribution is -0.138. The summed E-state index contributed by atoms with van der Waals surface area (Å²) in [5.74, 6) is -0.569. The Bertz CT molecular complexity index is 414. The number of Topliss-reactive ketones (excluding diaryl/α,β-unsaturated/α-hetero) is 1. The molecule has 1 atom stereocenters. The minimum Gasteiger partial charge on any atom is -0.371 e. The van der Waals surface area contributed by atoms with E-state index in [0.717, 1.165) is 0 Å². The summed E-state index contributed by atoms with van der Waals surface area (Å²) in [7, 11) is 1.48. The van der Waals surface area contributed by atoms with E-state index >= 15 is 0 Å². The molecule has 2 nitrogen and oxygen atoms in total. The fourth-order valence-electron chi connectivity index (χ4n) is 1.49. The molecule has 1 aromatic carbocycles. The lowest BCUT2D eigenvalue weighted by Crippen LogP contribution is -2.38. The predicted octanol–water partition coefficient (Wildman–Crippen LogP) is 3.41. The summed E-state index contributed by atoms with van der Waals surface area (Å²) < 4.78 is 18.7. The van der Waals surface area contributed by atoms with Gasteiger partial charge in [-0.25, -0.2) is 4.39 Å². The number of carbonyl (C=O) groups excluding carboxylic acids is 1. The smallest absolute Gasteiger partial charge is 0.168 e. The van der Waals surface area contributed by atoms with Crippen LogP contribution in [-0.2, 0) is 16.0 Å². The Labute approximate surface area is 106 Å². The summed E-state index contributed by atoms with van der Waals surface area (Å²) in [6.45, 7) is 3.56. The first kappa shape index (κ1) is 14.1. The van der Waals surface area contributed by atoms with Gasteiger partial charge in [0.2, 0.25) is 0 Å². The number of rotatable bonds is 5. The molecule has 0 spiro atoms. The largest absolute Gasteiger partial charge is 0.371 e. The number of carbonyl (C=O) groups is 1. The molecule has 1 unspecified atom stereocenters. The average molecular weight is 259 g/mol. The Morgan fingerprint density at radius 3 is 2.71 bits per heavy atom. The number of hydrogen-bond acceptors (Lipinski definition) is 2. The van der Waals surface area contributed by atoms with Gasteiger partial charge in [-0.05, 0) is 37.1 Å². The molecular weight excluding hydrogens is 243 g/mol. The Hall–Kier alpha value is -0.930. The maximum atomic E-state index is 13.5. The predicted molar refractivity (Wildman–Crippen MR) is 65.8 cm³/mol. The number of methoxy groups -OCH3 is 1. The van der Waals surface area contributed by atoms with Gasteiger partial charge in [0.15, 0.2) is 5.78 Å². The molecule has 0 amide bonds. The van der Waals surface area contributed by atoms with Crippen LogP contribution in [0.4, 0.5) is 4.39 Å². The van der Waals surface area contributed by atoms with Crippen LogP contribution in [0.3, 0.4) is 0 Å². The van der Waals surface area contributed by atoms with Crippen molar-refractivity contribution in [2.24, 2.45) is 0 Å². The van der Waals surface area contributed by atoms with Crippen molar-refractivity contribution in [3.8, 4) is 0 Å². The normalized spacial score (nSPS) is 14.4. The van der Waals surface area contributed by atoms with Gasteiger partial charge in [-0.3, -0.25) is 4.79 Å². The number of halogens is 2. The average Bonchev–Trinajstić information content (AvgIpc) is 2.32. The first-order valence-electron chi connectivity index (χ1n) is 5.45. The van der Waals surface area contributed by atoms with Crippen LogP contribution in [0, 0.1) is 5.82 Å². The molecule has 0 fully saturated rings. The number of ketones is 1. The Balaban J connectivity index is 2.91. The van der Waals surface area contributed by atoms with E-state index in [1.165, 1.54) is 25.3 Å². The SMILES string of the molecule is CCC(C)(OC)C(=O)Cc1cc(Cl)ccc1F. The molecule has 0 radical (unpaired) electrons. The highest BCUT2D eigenvalue weighted by Crippen LogP contribution is 2.21. The van der Waals surface area contributed by atoms with Gasteiger partial charge >= 0.3 is 0 Å². The maximum Gasteiger partial charge on any atom is 0.168 e. The van der Waals surface area contributed by atoms with Crippen molar-refractivity contribution in [3.63, 3.8) is 0 Å². The first-order chi connectivity index (χ1) is 7.92. The molecule has 0 aromatic heterocycles. The Kier molecular flexibility index (Phi) is 4.66. The highest BCUT2D eigenvalue weighted by atomic mass is 35.5. The van der Waals surface area contributed by atoms with Crippen molar-refractivity contribution in [1.82, 2.24) is 0 Å². The molecule has 0 aliphatic heterocycles. The van der Waals surface area contributed by atoms with Crippen molar-refractivity contribution in [1.29, 1.82) is 0 Å². The zero-order valence-corrected chi connectivity index (χ0v) is 11.0. The van der Waals surface area contributed by atoms with Crippen molar-refractivity contribution in [3.05, 3.63) is 34.6 Å². The molecular formula is C13H16ClFO2. The molecule has 4 heteroatoms. The molecule has 17 heavy (non-hydrogen) atoms. The third-order valence-electron chi connectivity index (χ3n) is 3.07. The second-order valence-corrected chi connectivity index (χ2v) is 4.56. The van der Waals surface area contributed by atoms with Crippen molar-refractivity contribution < 1.29 is 13.9 Å². The number of ether oxygens (including phenoxy) is 1. The van der Waals surface area contributed by atoms with E-state index in [0.29, 0.717) is 17.0 Å². The third-order valence-corrected chi connectivity index (χ3v) is 3.31.